The zero-order valence-corrected chi connectivity index (χ0v) is 20.8. The van der Waals surface area contributed by atoms with Crippen molar-refractivity contribution in [2.75, 3.05) is 26.4 Å². The maximum absolute atomic E-state index is 9.92. The van der Waals surface area contributed by atoms with Gasteiger partial charge >= 0.3 is 0 Å². The molecule has 0 aromatic heterocycles. The van der Waals surface area contributed by atoms with Crippen LogP contribution in [0, 0.1) is 0 Å². The van der Waals surface area contributed by atoms with Crippen molar-refractivity contribution in [1.82, 2.24) is 0 Å². The zero-order chi connectivity index (χ0) is 22.0. The molecular formula is C27H56O3. The lowest BCUT2D eigenvalue weighted by Crippen LogP contribution is -2.22. The van der Waals surface area contributed by atoms with Crippen LogP contribution in [-0.2, 0) is 9.47 Å². The molecule has 0 aromatic carbocycles. The third-order valence-corrected chi connectivity index (χ3v) is 5.90. The van der Waals surface area contributed by atoms with Crippen molar-refractivity contribution in [2.24, 2.45) is 0 Å². The predicted octanol–water partition coefficient (Wildman–Crippen LogP) is 8.22. The molecule has 182 valence electrons. The van der Waals surface area contributed by atoms with E-state index in [-0.39, 0.29) is 0 Å². The molecule has 0 aliphatic carbocycles. The van der Waals surface area contributed by atoms with Crippen molar-refractivity contribution in [3.05, 3.63) is 0 Å². The maximum atomic E-state index is 9.92. The molecule has 0 bridgehead atoms. The fourth-order valence-corrected chi connectivity index (χ4v) is 3.87. The highest BCUT2D eigenvalue weighted by Crippen LogP contribution is 2.11. The average molecular weight is 429 g/mol. The Balaban J connectivity index is 3.13. The Bertz CT molecular complexity index is 268. The quantitative estimate of drug-likeness (QED) is 0.141. The van der Waals surface area contributed by atoms with Crippen LogP contribution in [0.4, 0.5) is 0 Å². The molecule has 0 spiro atoms. The summed E-state index contributed by atoms with van der Waals surface area (Å²) in [6.45, 7) is 6.91. The number of rotatable bonds is 26. The SMILES string of the molecule is CCCCCCCCCCCCOCC(O)COCCCCCCCCCCCC. The van der Waals surface area contributed by atoms with Crippen molar-refractivity contribution < 1.29 is 14.6 Å². The first-order chi connectivity index (χ1) is 14.8. The fraction of sp³-hybridized carbons (Fsp3) is 1.00. The smallest absolute Gasteiger partial charge is 0.101 e. The van der Waals surface area contributed by atoms with Crippen LogP contribution >= 0.6 is 0 Å². The van der Waals surface area contributed by atoms with E-state index in [1.165, 1.54) is 116 Å². The van der Waals surface area contributed by atoms with Gasteiger partial charge in [-0.25, -0.2) is 0 Å². The minimum Gasteiger partial charge on any atom is -0.388 e. The molecule has 0 amide bonds. The van der Waals surface area contributed by atoms with E-state index in [2.05, 4.69) is 13.8 Å². The van der Waals surface area contributed by atoms with Crippen LogP contribution in [0.1, 0.15) is 142 Å². The van der Waals surface area contributed by atoms with Gasteiger partial charge in [0.25, 0.3) is 0 Å². The molecule has 3 nitrogen and oxygen atoms in total. The summed E-state index contributed by atoms with van der Waals surface area (Å²) in [5.41, 5.74) is 0. The second-order valence-electron chi connectivity index (χ2n) is 9.17. The first-order valence-corrected chi connectivity index (χ1v) is 13.6. The lowest BCUT2D eigenvalue weighted by Gasteiger charge is -2.12. The van der Waals surface area contributed by atoms with Crippen LogP contribution in [0.15, 0.2) is 0 Å². The molecule has 0 heterocycles. The maximum Gasteiger partial charge on any atom is 0.101 e. The molecule has 0 saturated heterocycles. The van der Waals surface area contributed by atoms with Gasteiger partial charge in [-0.05, 0) is 12.8 Å². The van der Waals surface area contributed by atoms with Gasteiger partial charge in [-0.15, -0.1) is 0 Å². The Hall–Kier alpha value is -0.120. The van der Waals surface area contributed by atoms with Gasteiger partial charge in [0.2, 0.25) is 0 Å². The van der Waals surface area contributed by atoms with E-state index in [1.54, 1.807) is 0 Å². The fourth-order valence-electron chi connectivity index (χ4n) is 3.87. The molecule has 0 fully saturated rings. The summed E-state index contributed by atoms with van der Waals surface area (Å²) in [7, 11) is 0. The Morgan fingerprint density at radius 3 is 1.00 bits per heavy atom. The molecule has 0 rings (SSSR count). The molecule has 1 N–H and O–H groups in total. The van der Waals surface area contributed by atoms with Crippen LogP contribution in [0.3, 0.4) is 0 Å². The van der Waals surface area contributed by atoms with E-state index in [9.17, 15) is 5.11 Å². The number of hydrogen-bond acceptors (Lipinski definition) is 3. The summed E-state index contributed by atoms with van der Waals surface area (Å²) in [5, 5.41) is 9.92. The van der Waals surface area contributed by atoms with Crippen molar-refractivity contribution in [1.29, 1.82) is 0 Å². The second kappa shape index (κ2) is 26.9. The Labute approximate surface area is 189 Å². The third kappa shape index (κ3) is 25.9. The van der Waals surface area contributed by atoms with E-state index >= 15 is 0 Å². The number of ether oxygens (including phenoxy) is 2. The van der Waals surface area contributed by atoms with Gasteiger partial charge in [-0.3, -0.25) is 0 Å². The van der Waals surface area contributed by atoms with E-state index in [1.807, 2.05) is 0 Å². The number of aliphatic hydroxyl groups excluding tert-OH is 1. The summed E-state index contributed by atoms with van der Waals surface area (Å²) in [6, 6.07) is 0. The largest absolute Gasteiger partial charge is 0.388 e. The van der Waals surface area contributed by atoms with Gasteiger partial charge < -0.3 is 14.6 Å². The number of unbranched alkanes of at least 4 members (excludes halogenated alkanes) is 18. The highest BCUT2D eigenvalue weighted by atomic mass is 16.5. The molecule has 30 heavy (non-hydrogen) atoms. The van der Waals surface area contributed by atoms with Crippen LogP contribution in [0.5, 0.6) is 0 Å². The Morgan fingerprint density at radius 2 is 0.700 bits per heavy atom. The van der Waals surface area contributed by atoms with Gasteiger partial charge in [0.1, 0.15) is 6.10 Å². The molecule has 0 unspecified atom stereocenters. The predicted molar refractivity (Wildman–Crippen MR) is 131 cm³/mol. The van der Waals surface area contributed by atoms with Crippen molar-refractivity contribution in [3.63, 3.8) is 0 Å². The van der Waals surface area contributed by atoms with E-state index < -0.39 is 6.10 Å². The molecule has 0 aromatic rings. The normalized spacial score (nSPS) is 11.6. The summed E-state index contributed by atoms with van der Waals surface area (Å²) in [6.07, 6.45) is 26.3. The van der Waals surface area contributed by atoms with Crippen molar-refractivity contribution in [2.45, 2.75) is 148 Å². The van der Waals surface area contributed by atoms with Crippen molar-refractivity contribution >= 4 is 0 Å². The molecular weight excluding hydrogens is 372 g/mol. The Kier molecular flexibility index (Phi) is 26.8. The standard InChI is InChI=1S/C27H56O3/c1-3-5-7-9-11-13-15-17-19-21-23-29-25-27(28)26-30-24-22-20-18-16-14-12-10-8-6-4-2/h27-28H,3-26H2,1-2H3. The zero-order valence-electron chi connectivity index (χ0n) is 20.8. The van der Waals surface area contributed by atoms with Crippen molar-refractivity contribution in [3.8, 4) is 0 Å². The van der Waals surface area contributed by atoms with E-state index in [4.69, 9.17) is 9.47 Å². The van der Waals surface area contributed by atoms with Crippen LogP contribution in [-0.4, -0.2) is 37.6 Å². The van der Waals surface area contributed by atoms with Gasteiger partial charge in [0, 0.05) is 13.2 Å². The van der Waals surface area contributed by atoms with Crippen LogP contribution in [0.2, 0.25) is 0 Å². The molecule has 0 atom stereocenters. The molecule has 3 heteroatoms. The summed E-state index contributed by atoms with van der Waals surface area (Å²) in [4.78, 5) is 0. The Morgan fingerprint density at radius 1 is 0.433 bits per heavy atom. The molecule has 0 aliphatic heterocycles. The van der Waals surface area contributed by atoms with Gasteiger partial charge in [-0.2, -0.15) is 0 Å². The minimum absolute atomic E-state index is 0.412. The first-order valence-electron chi connectivity index (χ1n) is 13.6. The van der Waals surface area contributed by atoms with Crippen LogP contribution in [0.25, 0.3) is 0 Å². The molecule has 0 radical (unpaired) electrons. The molecule has 0 aliphatic rings. The van der Waals surface area contributed by atoms with Crippen LogP contribution < -0.4 is 0 Å². The topological polar surface area (TPSA) is 38.7 Å². The lowest BCUT2D eigenvalue weighted by atomic mass is 10.1. The second-order valence-corrected chi connectivity index (χ2v) is 9.17. The van der Waals surface area contributed by atoms with E-state index in [0.717, 1.165) is 26.1 Å². The summed E-state index contributed by atoms with van der Waals surface area (Å²) in [5.74, 6) is 0. The number of hydrogen-bond donors (Lipinski definition) is 1. The van der Waals surface area contributed by atoms with Gasteiger partial charge in [0.05, 0.1) is 13.2 Å². The van der Waals surface area contributed by atoms with Gasteiger partial charge in [-0.1, -0.05) is 129 Å². The lowest BCUT2D eigenvalue weighted by molar-refractivity contribution is -0.0201. The molecule has 0 saturated carbocycles. The van der Waals surface area contributed by atoms with Gasteiger partial charge in [0.15, 0.2) is 0 Å². The number of aliphatic hydroxyl groups is 1. The van der Waals surface area contributed by atoms with E-state index in [0.29, 0.717) is 13.2 Å². The summed E-state index contributed by atoms with van der Waals surface area (Å²) >= 11 is 0. The highest BCUT2D eigenvalue weighted by molar-refractivity contribution is 4.53. The summed E-state index contributed by atoms with van der Waals surface area (Å²) < 4.78 is 11.2. The average Bonchev–Trinajstić information content (AvgIpc) is 2.75. The minimum atomic E-state index is -0.476. The third-order valence-electron chi connectivity index (χ3n) is 5.90. The highest BCUT2D eigenvalue weighted by Gasteiger charge is 2.04. The monoisotopic (exact) mass is 428 g/mol. The first kappa shape index (κ1) is 29.9.